The molecule has 8 rings (SSSR count). The Hall–Kier alpha value is -2.67. The van der Waals surface area contributed by atoms with E-state index >= 15 is 0 Å². The largest absolute Gasteiger partial charge is 0.295 e. The smallest absolute Gasteiger partial charge is 0.129 e. The van der Waals surface area contributed by atoms with Gasteiger partial charge in [0, 0.05) is 30.7 Å². The van der Waals surface area contributed by atoms with Crippen LogP contribution in [0.5, 0.6) is 0 Å². The Balaban J connectivity index is 1.32. The fraction of sp³-hybridized carbons (Fsp3) is 0.455. The first-order chi connectivity index (χ1) is 18.1. The highest BCUT2D eigenvalue weighted by Gasteiger charge is 2.77. The first-order valence-electron chi connectivity index (χ1n) is 14.0. The van der Waals surface area contributed by atoms with Crippen molar-refractivity contribution < 1.29 is 0 Å². The maximum atomic E-state index is 9.40. The predicted octanol–water partition coefficient (Wildman–Crippen LogP) is 7.68. The van der Waals surface area contributed by atoms with Crippen LogP contribution in [0.1, 0.15) is 79.2 Å². The summed E-state index contributed by atoms with van der Waals surface area (Å²) in [6, 6.07) is 26.7. The van der Waals surface area contributed by atoms with Gasteiger partial charge in [-0.15, -0.1) is 0 Å². The molecule has 4 saturated carbocycles. The lowest BCUT2D eigenvalue weighted by atomic mass is 9.52. The van der Waals surface area contributed by atoms with Gasteiger partial charge in [0.1, 0.15) is 5.15 Å². The third-order valence-electron chi connectivity index (χ3n) is 10.4. The lowest BCUT2D eigenvalue weighted by molar-refractivity contribution is 0.0254. The van der Waals surface area contributed by atoms with Gasteiger partial charge in [-0.1, -0.05) is 79.4 Å². The van der Waals surface area contributed by atoms with Crippen LogP contribution in [0.25, 0.3) is 0 Å². The quantitative estimate of drug-likeness (QED) is 0.332. The van der Waals surface area contributed by atoms with E-state index in [4.69, 9.17) is 11.6 Å². The first-order valence-corrected chi connectivity index (χ1v) is 14.4. The van der Waals surface area contributed by atoms with E-state index in [0.29, 0.717) is 23.0 Å². The molecular formula is C33H34ClN3. The van der Waals surface area contributed by atoms with Crippen LogP contribution >= 0.6 is 11.6 Å². The van der Waals surface area contributed by atoms with Crippen LogP contribution in [0.15, 0.2) is 72.9 Å². The number of hydrogen-bond acceptors (Lipinski definition) is 3. The molecule has 37 heavy (non-hydrogen) atoms. The van der Waals surface area contributed by atoms with E-state index in [0.717, 1.165) is 18.0 Å². The normalized spacial score (nSPS) is 33.0. The van der Waals surface area contributed by atoms with Gasteiger partial charge in [-0.3, -0.25) is 4.90 Å². The number of nitrogens with zero attached hydrogens (tertiary/aromatic N) is 3. The number of benzene rings is 2. The second-order valence-electron chi connectivity index (χ2n) is 12.2. The number of rotatable bonds is 5. The summed E-state index contributed by atoms with van der Waals surface area (Å²) in [4.78, 5) is 7.42. The van der Waals surface area contributed by atoms with Crippen LogP contribution in [0.2, 0.25) is 5.15 Å². The van der Waals surface area contributed by atoms with Crippen LogP contribution in [-0.2, 0) is 5.41 Å². The number of aromatic nitrogens is 1. The number of halogens is 1. The third kappa shape index (κ3) is 3.60. The molecule has 1 saturated heterocycles. The lowest BCUT2D eigenvalue weighted by Gasteiger charge is -2.53. The Kier molecular flexibility index (Phi) is 5.68. The van der Waals surface area contributed by atoms with E-state index in [9.17, 15) is 5.26 Å². The summed E-state index contributed by atoms with van der Waals surface area (Å²) >= 11 is 6.25. The second-order valence-corrected chi connectivity index (χ2v) is 12.6. The lowest BCUT2D eigenvalue weighted by Crippen LogP contribution is -2.48. The summed E-state index contributed by atoms with van der Waals surface area (Å²) in [5, 5.41) is 9.96. The van der Waals surface area contributed by atoms with Gasteiger partial charge in [-0.2, -0.15) is 5.26 Å². The molecule has 2 heterocycles. The summed E-state index contributed by atoms with van der Waals surface area (Å²) in [5.41, 5.74) is 5.30. The highest BCUT2D eigenvalue weighted by molar-refractivity contribution is 6.29. The van der Waals surface area contributed by atoms with Crippen molar-refractivity contribution in [2.45, 2.75) is 62.3 Å². The van der Waals surface area contributed by atoms with Crippen molar-refractivity contribution in [3.8, 4) is 6.07 Å². The molecular weight excluding hydrogens is 474 g/mol. The predicted molar refractivity (Wildman–Crippen MR) is 147 cm³/mol. The molecule has 0 N–H and O–H groups in total. The zero-order valence-electron chi connectivity index (χ0n) is 21.3. The zero-order valence-corrected chi connectivity index (χ0v) is 22.1. The minimum Gasteiger partial charge on any atom is -0.295 e. The minimum absolute atomic E-state index is 0.0954. The van der Waals surface area contributed by atoms with Gasteiger partial charge in [0.15, 0.2) is 0 Å². The summed E-state index contributed by atoms with van der Waals surface area (Å²) < 4.78 is 0. The number of pyridine rings is 1. The molecule has 1 aliphatic heterocycles. The van der Waals surface area contributed by atoms with E-state index in [-0.39, 0.29) is 10.8 Å². The fourth-order valence-electron chi connectivity index (χ4n) is 9.17. The van der Waals surface area contributed by atoms with Crippen LogP contribution < -0.4 is 0 Å². The molecule has 4 aliphatic carbocycles. The summed E-state index contributed by atoms with van der Waals surface area (Å²) in [6.07, 6.45) is 11.4. The minimum atomic E-state index is 0.0954. The molecule has 3 aromatic rings. The molecule has 4 heteroatoms. The molecule has 5 aliphatic rings. The third-order valence-corrected chi connectivity index (χ3v) is 10.6. The number of likely N-dealkylation sites (tertiary alicyclic amines) is 1. The summed E-state index contributed by atoms with van der Waals surface area (Å²) in [6.45, 7) is 2.38. The molecule has 188 valence electrons. The van der Waals surface area contributed by atoms with Gasteiger partial charge in [-0.25, -0.2) is 4.98 Å². The average molecular weight is 508 g/mol. The van der Waals surface area contributed by atoms with Gasteiger partial charge in [0.2, 0.25) is 0 Å². The van der Waals surface area contributed by atoms with E-state index in [1.54, 1.807) is 0 Å². The van der Waals surface area contributed by atoms with Crippen molar-refractivity contribution >= 4 is 11.6 Å². The van der Waals surface area contributed by atoms with E-state index in [2.05, 4.69) is 64.5 Å². The van der Waals surface area contributed by atoms with Crippen LogP contribution in [0, 0.1) is 28.6 Å². The van der Waals surface area contributed by atoms with Crippen molar-refractivity contribution in [1.82, 2.24) is 9.88 Å². The van der Waals surface area contributed by atoms with Crippen molar-refractivity contribution in [3.05, 3.63) is 100 Å². The monoisotopic (exact) mass is 507 g/mol. The topological polar surface area (TPSA) is 39.9 Å². The summed E-state index contributed by atoms with van der Waals surface area (Å²) in [7, 11) is 0. The maximum absolute atomic E-state index is 9.40. The average Bonchev–Trinajstić information content (AvgIpc) is 3.49. The van der Waals surface area contributed by atoms with Gasteiger partial charge < -0.3 is 0 Å². The Labute approximate surface area is 225 Å². The van der Waals surface area contributed by atoms with Gasteiger partial charge in [0.05, 0.1) is 11.6 Å². The van der Waals surface area contributed by atoms with Crippen molar-refractivity contribution in [2.24, 2.45) is 17.3 Å². The van der Waals surface area contributed by atoms with E-state index in [1.807, 2.05) is 24.4 Å². The SMILES string of the molecule is N#Cc1ccc(C23CC4(C2)[C@H](CN(CC2CCCCC2)[C@@H]4c2ccccc2)C3c2ccc(Cl)nc2)cc1. The molecule has 2 bridgehead atoms. The van der Waals surface area contributed by atoms with Gasteiger partial charge in [0.25, 0.3) is 0 Å². The van der Waals surface area contributed by atoms with Crippen LogP contribution in [0.3, 0.4) is 0 Å². The highest BCUT2D eigenvalue weighted by atomic mass is 35.5. The Morgan fingerprint density at radius 3 is 2.35 bits per heavy atom. The standard InChI is InChI=1S/C33H34ClN3/c34-29-16-13-26(18-36-29)30-28-20-37(19-24-7-3-1-4-8-24)31(25-9-5-2-6-10-25)33(28)21-32(30,22-33)27-14-11-23(17-35)12-15-27/h2,5-6,9-16,18,24,28,30-31H,1,3-4,7-8,19-22H2/t28-,30?,31-,32?,33?/m1/s1. The molecule has 3 atom stereocenters. The first kappa shape index (κ1) is 23.4. The zero-order chi connectivity index (χ0) is 25.0. The Bertz CT molecular complexity index is 1300. The Morgan fingerprint density at radius 2 is 1.68 bits per heavy atom. The molecule has 1 unspecified atom stereocenters. The fourth-order valence-corrected chi connectivity index (χ4v) is 9.28. The van der Waals surface area contributed by atoms with Crippen LogP contribution in [-0.4, -0.2) is 23.0 Å². The van der Waals surface area contributed by atoms with Gasteiger partial charge in [-0.05, 0) is 83.7 Å². The Morgan fingerprint density at radius 1 is 0.919 bits per heavy atom. The number of nitriles is 1. The van der Waals surface area contributed by atoms with Crippen molar-refractivity contribution in [2.75, 3.05) is 13.1 Å². The molecule has 1 aromatic heterocycles. The maximum Gasteiger partial charge on any atom is 0.129 e. The number of hydrogen-bond donors (Lipinski definition) is 0. The molecule has 3 nitrogen and oxygen atoms in total. The molecule has 5 fully saturated rings. The van der Waals surface area contributed by atoms with Crippen molar-refractivity contribution in [3.63, 3.8) is 0 Å². The van der Waals surface area contributed by atoms with Gasteiger partial charge >= 0.3 is 0 Å². The highest BCUT2D eigenvalue weighted by Crippen LogP contribution is 2.82. The van der Waals surface area contributed by atoms with E-state index < -0.39 is 0 Å². The second kappa shape index (κ2) is 8.97. The van der Waals surface area contributed by atoms with E-state index in [1.165, 1.54) is 68.2 Å². The molecule has 0 amide bonds. The molecule has 2 aromatic carbocycles. The van der Waals surface area contributed by atoms with Crippen LogP contribution in [0.4, 0.5) is 0 Å². The molecule has 0 radical (unpaired) electrons. The molecule has 1 spiro atoms. The summed E-state index contributed by atoms with van der Waals surface area (Å²) in [5.74, 6) is 1.82. The van der Waals surface area contributed by atoms with Crippen molar-refractivity contribution in [1.29, 1.82) is 5.26 Å².